The fourth-order valence-electron chi connectivity index (χ4n) is 1.81. The van der Waals surface area contributed by atoms with Crippen molar-refractivity contribution in [2.75, 3.05) is 24.6 Å². The Hall–Kier alpha value is -2.55. The van der Waals surface area contributed by atoms with Crippen LogP contribution in [-0.2, 0) is 6.54 Å². The molecule has 2 aromatic heterocycles. The Morgan fingerprint density at radius 3 is 2.81 bits per heavy atom. The van der Waals surface area contributed by atoms with E-state index in [1.165, 1.54) is 7.05 Å². The number of carbonyl (C=O) groups is 2. The lowest BCUT2D eigenvalue weighted by Crippen LogP contribution is -2.19. The molecule has 0 fully saturated rings. The normalized spacial score (nSPS) is 10.3. The van der Waals surface area contributed by atoms with Crippen LogP contribution >= 0.6 is 11.3 Å². The van der Waals surface area contributed by atoms with Gasteiger partial charge in [0.25, 0.3) is 11.8 Å². The van der Waals surface area contributed by atoms with Gasteiger partial charge in [-0.3, -0.25) is 14.3 Å². The van der Waals surface area contributed by atoms with Crippen LogP contribution in [0.4, 0.5) is 10.7 Å². The average Bonchev–Trinajstić information content (AvgIpc) is 3.06. The van der Waals surface area contributed by atoms with Crippen LogP contribution in [0, 0.1) is 0 Å². The van der Waals surface area contributed by atoms with Crippen molar-refractivity contribution in [3.05, 3.63) is 28.9 Å². The first kappa shape index (κ1) is 14.9. The summed E-state index contributed by atoms with van der Waals surface area (Å²) in [6.45, 7) is 1.13. The number of nitrogens with one attached hydrogen (secondary N) is 2. The minimum Gasteiger partial charge on any atom is -0.397 e. The van der Waals surface area contributed by atoms with Crippen molar-refractivity contribution in [3.63, 3.8) is 0 Å². The van der Waals surface area contributed by atoms with E-state index < -0.39 is 5.91 Å². The second-order valence-corrected chi connectivity index (χ2v) is 5.21. The Balaban J connectivity index is 2.17. The van der Waals surface area contributed by atoms with Crippen LogP contribution in [0.15, 0.2) is 18.5 Å². The van der Waals surface area contributed by atoms with Gasteiger partial charge in [0.2, 0.25) is 0 Å². The van der Waals surface area contributed by atoms with Crippen molar-refractivity contribution in [2.45, 2.75) is 6.54 Å². The van der Waals surface area contributed by atoms with Gasteiger partial charge in [-0.05, 0) is 6.07 Å². The van der Waals surface area contributed by atoms with E-state index in [9.17, 15) is 9.59 Å². The molecule has 21 heavy (non-hydrogen) atoms. The Kier molecular flexibility index (Phi) is 4.43. The molecule has 8 nitrogen and oxygen atoms in total. The first-order valence-electron chi connectivity index (χ1n) is 6.20. The molecule has 0 unspecified atom stereocenters. The predicted molar refractivity (Wildman–Crippen MR) is 81.4 cm³/mol. The number of anilines is 2. The summed E-state index contributed by atoms with van der Waals surface area (Å²) in [7, 11) is 1.50. The molecule has 2 heterocycles. The van der Waals surface area contributed by atoms with Crippen molar-refractivity contribution < 1.29 is 9.59 Å². The van der Waals surface area contributed by atoms with Crippen molar-refractivity contribution in [2.24, 2.45) is 5.73 Å². The quantitative estimate of drug-likeness (QED) is 0.601. The van der Waals surface area contributed by atoms with E-state index in [-0.39, 0.29) is 22.0 Å². The SMILES string of the molecule is CNC(=O)c1sc(NCCn2cccn2)c(C(N)=O)c1N. The summed E-state index contributed by atoms with van der Waals surface area (Å²) in [5.74, 6) is -1.01. The second-order valence-electron chi connectivity index (χ2n) is 4.19. The molecule has 0 aliphatic heterocycles. The number of rotatable bonds is 6. The van der Waals surface area contributed by atoms with E-state index in [0.29, 0.717) is 18.1 Å². The molecule has 0 saturated carbocycles. The average molecular weight is 308 g/mol. The lowest BCUT2D eigenvalue weighted by molar-refractivity contribution is 0.0967. The number of amides is 2. The zero-order valence-corrected chi connectivity index (χ0v) is 12.2. The Labute approximate surface area is 125 Å². The lowest BCUT2D eigenvalue weighted by Gasteiger charge is -2.06. The van der Waals surface area contributed by atoms with Gasteiger partial charge >= 0.3 is 0 Å². The Morgan fingerprint density at radius 1 is 1.48 bits per heavy atom. The molecule has 0 atom stereocenters. The summed E-state index contributed by atoms with van der Waals surface area (Å²) in [6.07, 6.45) is 3.51. The highest BCUT2D eigenvalue weighted by atomic mass is 32.1. The van der Waals surface area contributed by atoms with Gasteiger partial charge in [0.1, 0.15) is 9.88 Å². The van der Waals surface area contributed by atoms with Crippen LogP contribution in [0.5, 0.6) is 0 Å². The third-order valence-electron chi connectivity index (χ3n) is 2.81. The number of hydrogen-bond donors (Lipinski definition) is 4. The maximum atomic E-state index is 11.7. The van der Waals surface area contributed by atoms with E-state index in [4.69, 9.17) is 11.5 Å². The first-order chi connectivity index (χ1) is 10.0. The molecule has 0 aliphatic rings. The summed E-state index contributed by atoms with van der Waals surface area (Å²) in [4.78, 5) is 23.5. The molecule has 2 rings (SSSR count). The second kappa shape index (κ2) is 6.27. The maximum absolute atomic E-state index is 11.7. The molecule has 9 heteroatoms. The summed E-state index contributed by atoms with van der Waals surface area (Å²) in [5, 5.41) is 10.1. The largest absolute Gasteiger partial charge is 0.397 e. The monoisotopic (exact) mass is 308 g/mol. The van der Waals surface area contributed by atoms with Gasteiger partial charge < -0.3 is 22.1 Å². The number of nitrogen functional groups attached to an aromatic ring is 1. The molecule has 0 radical (unpaired) electrons. The van der Waals surface area contributed by atoms with Crippen molar-refractivity contribution >= 4 is 33.8 Å². The zero-order valence-electron chi connectivity index (χ0n) is 11.4. The van der Waals surface area contributed by atoms with Gasteiger partial charge in [0, 0.05) is 26.0 Å². The maximum Gasteiger partial charge on any atom is 0.263 e. The van der Waals surface area contributed by atoms with Gasteiger partial charge in [-0.15, -0.1) is 11.3 Å². The number of nitrogens with two attached hydrogens (primary N) is 2. The van der Waals surface area contributed by atoms with E-state index in [0.717, 1.165) is 11.3 Å². The number of thiophene rings is 1. The number of primary amides is 1. The topological polar surface area (TPSA) is 128 Å². The Morgan fingerprint density at radius 2 is 2.24 bits per heavy atom. The smallest absolute Gasteiger partial charge is 0.263 e. The highest BCUT2D eigenvalue weighted by molar-refractivity contribution is 7.19. The molecule has 0 aliphatic carbocycles. The fourth-order valence-corrected chi connectivity index (χ4v) is 2.91. The lowest BCUT2D eigenvalue weighted by atomic mass is 10.2. The van der Waals surface area contributed by atoms with Gasteiger partial charge in [0.05, 0.1) is 17.8 Å². The molecule has 0 saturated heterocycles. The number of aromatic nitrogens is 2. The first-order valence-corrected chi connectivity index (χ1v) is 7.01. The molecule has 112 valence electrons. The molecular weight excluding hydrogens is 292 g/mol. The minimum atomic E-state index is -0.666. The molecule has 0 aromatic carbocycles. The van der Waals surface area contributed by atoms with Crippen molar-refractivity contribution in [1.82, 2.24) is 15.1 Å². The Bertz CT molecular complexity index is 649. The molecule has 0 spiro atoms. The van der Waals surface area contributed by atoms with Crippen LogP contribution in [0.1, 0.15) is 20.0 Å². The molecule has 0 bridgehead atoms. The molecule has 2 aromatic rings. The van der Waals surface area contributed by atoms with Crippen LogP contribution in [0.25, 0.3) is 0 Å². The molecule has 2 amide bonds. The minimum absolute atomic E-state index is 0.105. The van der Waals surface area contributed by atoms with E-state index >= 15 is 0 Å². The summed E-state index contributed by atoms with van der Waals surface area (Å²) >= 11 is 1.11. The fraction of sp³-hybridized carbons (Fsp3) is 0.250. The van der Waals surface area contributed by atoms with E-state index in [1.54, 1.807) is 10.9 Å². The van der Waals surface area contributed by atoms with Crippen LogP contribution < -0.4 is 22.1 Å². The van der Waals surface area contributed by atoms with E-state index in [2.05, 4.69) is 15.7 Å². The summed E-state index contributed by atoms with van der Waals surface area (Å²) < 4.78 is 1.74. The van der Waals surface area contributed by atoms with Gasteiger partial charge in [0.15, 0.2) is 0 Å². The number of hydrogen-bond acceptors (Lipinski definition) is 6. The number of carbonyl (C=O) groups excluding carboxylic acids is 2. The third kappa shape index (κ3) is 3.14. The molecule has 6 N–H and O–H groups in total. The summed E-state index contributed by atoms with van der Waals surface area (Å²) in [6, 6.07) is 1.82. The van der Waals surface area contributed by atoms with Crippen molar-refractivity contribution in [1.29, 1.82) is 0 Å². The molecular formula is C12H16N6O2S. The highest BCUT2D eigenvalue weighted by Crippen LogP contribution is 2.35. The number of nitrogens with zero attached hydrogens (tertiary/aromatic N) is 2. The van der Waals surface area contributed by atoms with Crippen LogP contribution in [0.2, 0.25) is 0 Å². The highest BCUT2D eigenvalue weighted by Gasteiger charge is 2.23. The van der Waals surface area contributed by atoms with Gasteiger partial charge in [-0.2, -0.15) is 5.10 Å². The van der Waals surface area contributed by atoms with Gasteiger partial charge in [-0.25, -0.2) is 0 Å². The predicted octanol–water partition coefficient (Wildman–Crippen LogP) is 0.0974. The summed E-state index contributed by atoms with van der Waals surface area (Å²) in [5.41, 5.74) is 11.4. The zero-order chi connectivity index (χ0) is 15.4. The van der Waals surface area contributed by atoms with Crippen molar-refractivity contribution in [3.8, 4) is 0 Å². The van der Waals surface area contributed by atoms with Crippen LogP contribution in [0.3, 0.4) is 0 Å². The third-order valence-corrected chi connectivity index (χ3v) is 3.97. The van der Waals surface area contributed by atoms with Crippen LogP contribution in [-0.4, -0.2) is 35.2 Å². The van der Waals surface area contributed by atoms with Gasteiger partial charge in [-0.1, -0.05) is 0 Å². The van der Waals surface area contributed by atoms with E-state index in [1.807, 2.05) is 12.3 Å². The standard InChI is InChI=1S/C12H16N6O2S/c1-15-11(20)9-8(13)7(10(14)19)12(21-9)16-4-6-18-5-2-3-17-18/h2-3,5,16H,4,6,13H2,1H3,(H2,14,19)(H,15,20).